The molecule has 0 saturated carbocycles. The van der Waals surface area contributed by atoms with Crippen molar-refractivity contribution < 1.29 is 9.90 Å². The van der Waals surface area contributed by atoms with Gasteiger partial charge in [-0.15, -0.1) is 0 Å². The Labute approximate surface area is 135 Å². The van der Waals surface area contributed by atoms with Gasteiger partial charge in [0.05, 0.1) is 12.1 Å². The molecule has 1 amide bonds. The van der Waals surface area contributed by atoms with E-state index in [9.17, 15) is 9.90 Å². The molecule has 2 saturated heterocycles. The minimum atomic E-state index is -0.240. The number of carbonyl (C=O) groups excluding carboxylic acids is 1. The molecule has 0 aromatic rings. The molecule has 0 aliphatic carbocycles. The summed E-state index contributed by atoms with van der Waals surface area (Å²) in [5.74, 6) is 0.679. The molecule has 0 aromatic carbocycles. The third-order valence-electron chi connectivity index (χ3n) is 5.04. The van der Waals surface area contributed by atoms with E-state index in [-0.39, 0.29) is 12.1 Å². The van der Waals surface area contributed by atoms with E-state index in [4.69, 9.17) is 0 Å². The molecule has 0 spiro atoms. The normalized spacial score (nSPS) is 24.0. The molecule has 5 heteroatoms. The van der Waals surface area contributed by atoms with E-state index in [1.165, 1.54) is 12.8 Å². The number of nitrogens with zero attached hydrogens (tertiary/aromatic N) is 3. The fourth-order valence-electron chi connectivity index (χ4n) is 3.65. The van der Waals surface area contributed by atoms with Gasteiger partial charge in [0.25, 0.3) is 0 Å². The number of amides is 1. The number of carbonyl (C=O) groups is 1. The third kappa shape index (κ3) is 4.43. The lowest BCUT2D eigenvalue weighted by atomic mass is 10.0. The highest BCUT2D eigenvalue weighted by Gasteiger charge is 2.34. The van der Waals surface area contributed by atoms with Crippen LogP contribution in [0.15, 0.2) is 0 Å². The molecule has 128 valence electrons. The monoisotopic (exact) mass is 311 g/mol. The molecule has 2 aliphatic heterocycles. The van der Waals surface area contributed by atoms with Gasteiger partial charge in [-0.05, 0) is 38.3 Å². The summed E-state index contributed by atoms with van der Waals surface area (Å²) in [6.45, 7) is 12.6. The van der Waals surface area contributed by atoms with E-state index in [1.54, 1.807) is 0 Å². The molecular weight excluding hydrogens is 278 g/mol. The predicted octanol–water partition coefficient (Wildman–Crippen LogP) is 1.02. The molecule has 0 bridgehead atoms. The van der Waals surface area contributed by atoms with Gasteiger partial charge < -0.3 is 10.0 Å². The standard InChI is InChI=1S/C17H33N3O2/c1-4-15(21)13-18-9-11-20(12-10-18)17(22)16(14(2)3)19-7-5-6-8-19/h14-16,21H,4-13H2,1-3H3/t15-,16-/m0/s1. The highest BCUT2D eigenvalue weighted by molar-refractivity contribution is 5.82. The molecule has 0 aromatic heterocycles. The Hall–Kier alpha value is -0.650. The van der Waals surface area contributed by atoms with Gasteiger partial charge in [0.15, 0.2) is 0 Å². The summed E-state index contributed by atoms with van der Waals surface area (Å²) in [7, 11) is 0. The van der Waals surface area contributed by atoms with Gasteiger partial charge in [0, 0.05) is 32.7 Å². The summed E-state index contributed by atoms with van der Waals surface area (Å²) in [4.78, 5) is 19.6. The summed E-state index contributed by atoms with van der Waals surface area (Å²) in [5, 5.41) is 9.76. The molecule has 2 rings (SSSR count). The lowest BCUT2D eigenvalue weighted by Crippen LogP contribution is -2.56. The van der Waals surface area contributed by atoms with Crippen LogP contribution in [-0.4, -0.2) is 83.7 Å². The molecule has 1 N–H and O–H groups in total. The van der Waals surface area contributed by atoms with Crippen molar-refractivity contribution in [1.29, 1.82) is 0 Å². The summed E-state index contributed by atoms with van der Waals surface area (Å²) in [5.41, 5.74) is 0. The molecule has 2 aliphatic rings. The van der Waals surface area contributed by atoms with Crippen molar-refractivity contribution in [3.05, 3.63) is 0 Å². The fourth-order valence-corrected chi connectivity index (χ4v) is 3.65. The minimum absolute atomic E-state index is 0.0512. The first kappa shape index (κ1) is 17.7. The number of piperazine rings is 1. The van der Waals surface area contributed by atoms with Crippen molar-refractivity contribution >= 4 is 5.91 Å². The molecule has 0 unspecified atom stereocenters. The zero-order chi connectivity index (χ0) is 16.1. The number of rotatable bonds is 6. The maximum Gasteiger partial charge on any atom is 0.240 e. The second-order valence-corrected chi connectivity index (χ2v) is 7.12. The van der Waals surface area contributed by atoms with Crippen molar-refractivity contribution in [2.45, 2.75) is 52.2 Å². The lowest BCUT2D eigenvalue weighted by molar-refractivity contribution is -0.140. The van der Waals surface area contributed by atoms with Gasteiger partial charge in [-0.3, -0.25) is 14.6 Å². The van der Waals surface area contributed by atoms with Crippen LogP contribution in [0.3, 0.4) is 0 Å². The first-order valence-corrected chi connectivity index (χ1v) is 8.96. The van der Waals surface area contributed by atoms with E-state index < -0.39 is 0 Å². The second-order valence-electron chi connectivity index (χ2n) is 7.12. The van der Waals surface area contributed by atoms with E-state index in [2.05, 4.69) is 23.6 Å². The first-order valence-electron chi connectivity index (χ1n) is 8.96. The van der Waals surface area contributed by atoms with Crippen molar-refractivity contribution in [3.8, 4) is 0 Å². The Kier molecular flexibility index (Phi) is 6.66. The lowest BCUT2D eigenvalue weighted by Gasteiger charge is -2.39. The first-order chi connectivity index (χ1) is 10.5. The molecule has 22 heavy (non-hydrogen) atoms. The highest BCUT2D eigenvalue weighted by Crippen LogP contribution is 2.20. The molecule has 2 fully saturated rings. The minimum Gasteiger partial charge on any atom is -0.392 e. The largest absolute Gasteiger partial charge is 0.392 e. The highest BCUT2D eigenvalue weighted by atomic mass is 16.3. The number of β-amino-alcohol motifs (C(OH)–C–C–N with tert-alkyl or cyclic N) is 1. The van der Waals surface area contributed by atoms with Crippen LogP contribution in [0.4, 0.5) is 0 Å². The van der Waals surface area contributed by atoms with Gasteiger partial charge in [-0.25, -0.2) is 0 Å². The SMILES string of the molecule is CC[C@H](O)CN1CCN(C(=O)[C@H](C(C)C)N2CCCC2)CC1. The van der Waals surface area contributed by atoms with Gasteiger partial charge in [0.1, 0.15) is 0 Å². The van der Waals surface area contributed by atoms with Gasteiger partial charge in [0.2, 0.25) is 5.91 Å². The van der Waals surface area contributed by atoms with Crippen LogP contribution >= 0.6 is 0 Å². The van der Waals surface area contributed by atoms with Crippen molar-refractivity contribution in [1.82, 2.24) is 14.7 Å². The number of hydrogen-bond acceptors (Lipinski definition) is 4. The average molecular weight is 311 g/mol. The molecule has 0 radical (unpaired) electrons. The summed E-state index contributed by atoms with van der Waals surface area (Å²) in [6.07, 6.45) is 3.00. The van der Waals surface area contributed by atoms with Crippen LogP contribution in [0, 0.1) is 5.92 Å². The zero-order valence-corrected chi connectivity index (χ0v) is 14.5. The Morgan fingerprint density at radius 3 is 2.14 bits per heavy atom. The predicted molar refractivity (Wildman–Crippen MR) is 88.8 cm³/mol. The third-order valence-corrected chi connectivity index (χ3v) is 5.04. The zero-order valence-electron chi connectivity index (χ0n) is 14.5. The van der Waals surface area contributed by atoms with E-state index in [0.717, 1.165) is 52.2 Å². The van der Waals surface area contributed by atoms with Crippen LogP contribution in [0.2, 0.25) is 0 Å². The van der Waals surface area contributed by atoms with Crippen LogP contribution in [0.1, 0.15) is 40.0 Å². The van der Waals surface area contributed by atoms with Crippen LogP contribution in [-0.2, 0) is 4.79 Å². The Bertz CT molecular complexity index is 348. The van der Waals surface area contributed by atoms with E-state index >= 15 is 0 Å². The van der Waals surface area contributed by atoms with E-state index in [1.807, 2.05) is 11.8 Å². The quantitative estimate of drug-likeness (QED) is 0.796. The smallest absolute Gasteiger partial charge is 0.240 e. The van der Waals surface area contributed by atoms with Crippen molar-refractivity contribution in [2.75, 3.05) is 45.8 Å². The van der Waals surface area contributed by atoms with Gasteiger partial charge in [-0.1, -0.05) is 20.8 Å². The number of likely N-dealkylation sites (tertiary alicyclic amines) is 1. The molecule has 2 atom stereocenters. The number of aliphatic hydroxyl groups excluding tert-OH is 1. The Morgan fingerprint density at radius 2 is 1.64 bits per heavy atom. The number of aliphatic hydroxyl groups is 1. The number of hydrogen-bond donors (Lipinski definition) is 1. The van der Waals surface area contributed by atoms with E-state index in [0.29, 0.717) is 11.8 Å². The topological polar surface area (TPSA) is 47.0 Å². The Morgan fingerprint density at radius 1 is 1.05 bits per heavy atom. The maximum absolute atomic E-state index is 12.9. The van der Waals surface area contributed by atoms with Crippen molar-refractivity contribution in [3.63, 3.8) is 0 Å². The second kappa shape index (κ2) is 8.27. The maximum atomic E-state index is 12.9. The van der Waals surface area contributed by atoms with Crippen LogP contribution in [0.5, 0.6) is 0 Å². The van der Waals surface area contributed by atoms with Gasteiger partial charge >= 0.3 is 0 Å². The van der Waals surface area contributed by atoms with Gasteiger partial charge in [-0.2, -0.15) is 0 Å². The summed E-state index contributed by atoms with van der Waals surface area (Å²) >= 11 is 0. The Balaban J connectivity index is 1.87. The van der Waals surface area contributed by atoms with Crippen LogP contribution < -0.4 is 0 Å². The average Bonchev–Trinajstić information content (AvgIpc) is 3.01. The fraction of sp³-hybridized carbons (Fsp3) is 0.941. The summed E-state index contributed by atoms with van der Waals surface area (Å²) in [6, 6.07) is 0.0512. The molecular formula is C17H33N3O2. The molecule has 2 heterocycles. The van der Waals surface area contributed by atoms with Crippen molar-refractivity contribution in [2.24, 2.45) is 5.92 Å². The van der Waals surface area contributed by atoms with Crippen LogP contribution in [0.25, 0.3) is 0 Å². The summed E-state index contributed by atoms with van der Waals surface area (Å²) < 4.78 is 0. The molecule has 5 nitrogen and oxygen atoms in total.